The van der Waals surface area contributed by atoms with Crippen molar-refractivity contribution in [1.82, 2.24) is 0 Å². The molecule has 0 bridgehead atoms. The highest BCUT2D eigenvalue weighted by atomic mass is 35.5. The summed E-state index contributed by atoms with van der Waals surface area (Å²) in [7, 11) is 1.73. The molecule has 84 valence electrons. The van der Waals surface area contributed by atoms with Crippen molar-refractivity contribution in [2.24, 2.45) is 5.92 Å². The second-order valence-electron chi connectivity index (χ2n) is 3.99. The van der Waals surface area contributed by atoms with Crippen molar-refractivity contribution in [1.29, 1.82) is 0 Å². The van der Waals surface area contributed by atoms with Crippen LogP contribution in [0.5, 0.6) is 0 Å². The number of ether oxygens (including phenoxy) is 1. The predicted molar refractivity (Wildman–Crippen MR) is 65.6 cm³/mol. The Morgan fingerprint density at radius 1 is 1.40 bits per heavy atom. The van der Waals surface area contributed by atoms with E-state index in [0.29, 0.717) is 11.8 Å². The fourth-order valence-electron chi connectivity index (χ4n) is 1.69. The highest BCUT2D eigenvalue weighted by Gasteiger charge is 2.08. The Kier molecular flexibility index (Phi) is 5.74. The zero-order chi connectivity index (χ0) is 11.1. The molecule has 2 heteroatoms. The summed E-state index contributed by atoms with van der Waals surface area (Å²) in [6, 6.07) is 8.62. The second kappa shape index (κ2) is 6.86. The van der Waals surface area contributed by atoms with Crippen molar-refractivity contribution >= 4 is 11.6 Å². The van der Waals surface area contributed by atoms with Crippen LogP contribution >= 0.6 is 11.6 Å². The van der Waals surface area contributed by atoms with Gasteiger partial charge in [0.1, 0.15) is 0 Å². The summed E-state index contributed by atoms with van der Waals surface area (Å²) < 4.78 is 5.08. The van der Waals surface area contributed by atoms with Crippen LogP contribution in [0.15, 0.2) is 24.3 Å². The first-order chi connectivity index (χ1) is 7.26. The van der Waals surface area contributed by atoms with Gasteiger partial charge in [-0.2, -0.15) is 0 Å². The number of aryl methyl sites for hydroxylation is 1. The molecule has 0 heterocycles. The summed E-state index contributed by atoms with van der Waals surface area (Å²) >= 11 is 5.94. The summed E-state index contributed by atoms with van der Waals surface area (Å²) in [5.41, 5.74) is 2.68. The second-order valence-corrected chi connectivity index (χ2v) is 4.30. The standard InChI is InChI=1S/C13H19ClO/c1-11-4-3-5-12(8-11)9-13(10-14)6-7-15-2/h3-5,8,13H,6-7,9-10H2,1-2H3. The van der Waals surface area contributed by atoms with Gasteiger partial charge in [0.15, 0.2) is 0 Å². The van der Waals surface area contributed by atoms with Crippen LogP contribution in [-0.2, 0) is 11.2 Å². The van der Waals surface area contributed by atoms with E-state index in [1.807, 2.05) is 0 Å². The van der Waals surface area contributed by atoms with Crippen LogP contribution < -0.4 is 0 Å². The lowest BCUT2D eigenvalue weighted by atomic mass is 9.97. The van der Waals surface area contributed by atoms with Gasteiger partial charge < -0.3 is 4.74 Å². The van der Waals surface area contributed by atoms with Gasteiger partial charge in [-0.3, -0.25) is 0 Å². The molecule has 0 spiro atoms. The van der Waals surface area contributed by atoms with Gasteiger partial charge in [0.2, 0.25) is 0 Å². The maximum absolute atomic E-state index is 5.94. The van der Waals surface area contributed by atoms with Crippen LogP contribution in [0.2, 0.25) is 0 Å². The molecule has 1 aromatic rings. The molecule has 0 N–H and O–H groups in total. The maximum Gasteiger partial charge on any atom is 0.0465 e. The van der Waals surface area contributed by atoms with Crippen molar-refractivity contribution in [3.63, 3.8) is 0 Å². The highest BCUT2D eigenvalue weighted by molar-refractivity contribution is 6.18. The Balaban J connectivity index is 2.50. The first-order valence-corrected chi connectivity index (χ1v) is 5.90. The largest absolute Gasteiger partial charge is 0.385 e. The van der Waals surface area contributed by atoms with Crippen molar-refractivity contribution in [2.45, 2.75) is 19.8 Å². The maximum atomic E-state index is 5.94. The number of hydrogen-bond donors (Lipinski definition) is 0. The Hall–Kier alpha value is -0.530. The van der Waals surface area contributed by atoms with Gasteiger partial charge in [0.25, 0.3) is 0 Å². The monoisotopic (exact) mass is 226 g/mol. The van der Waals surface area contributed by atoms with E-state index in [9.17, 15) is 0 Å². The van der Waals surface area contributed by atoms with Gasteiger partial charge in [0.05, 0.1) is 0 Å². The minimum Gasteiger partial charge on any atom is -0.385 e. The molecule has 1 rings (SSSR count). The van der Waals surface area contributed by atoms with E-state index in [2.05, 4.69) is 31.2 Å². The van der Waals surface area contributed by atoms with Gasteiger partial charge in [-0.15, -0.1) is 11.6 Å². The molecule has 0 saturated carbocycles. The Morgan fingerprint density at radius 3 is 2.80 bits per heavy atom. The molecule has 1 unspecified atom stereocenters. The number of methoxy groups -OCH3 is 1. The van der Waals surface area contributed by atoms with Crippen LogP contribution in [0, 0.1) is 12.8 Å². The molecule has 0 aromatic heterocycles. The average molecular weight is 227 g/mol. The fourth-order valence-corrected chi connectivity index (χ4v) is 1.95. The minimum absolute atomic E-state index is 0.522. The zero-order valence-corrected chi connectivity index (χ0v) is 10.3. The quantitative estimate of drug-likeness (QED) is 0.676. The average Bonchev–Trinajstić information content (AvgIpc) is 2.24. The summed E-state index contributed by atoms with van der Waals surface area (Å²) in [5, 5.41) is 0. The van der Waals surface area contributed by atoms with Crippen LogP contribution in [0.3, 0.4) is 0 Å². The normalized spacial score (nSPS) is 12.7. The van der Waals surface area contributed by atoms with Crippen LogP contribution in [0.1, 0.15) is 17.5 Å². The van der Waals surface area contributed by atoms with Crippen LogP contribution in [0.4, 0.5) is 0 Å². The lowest BCUT2D eigenvalue weighted by Gasteiger charge is -2.13. The van der Waals surface area contributed by atoms with Gasteiger partial charge in [-0.1, -0.05) is 29.8 Å². The molecule has 1 nitrogen and oxygen atoms in total. The minimum atomic E-state index is 0.522. The lowest BCUT2D eigenvalue weighted by Crippen LogP contribution is -2.09. The Morgan fingerprint density at radius 2 is 2.20 bits per heavy atom. The van der Waals surface area contributed by atoms with E-state index in [-0.39, 0.29) is 0 Å². The van der Waals surface area contributed by atoms with Gasteiger partial charge in [-0.25, -0.2) is 0 Å². The van der Waals surface area contributed by atoms with Crippen molar-refractivity contribution in [2.75, 3.05) is 19.6 Å². The molecule has 1 aromatic carbocycles. The molecule has 0 aliphatic rings. The molecule has 0 saturated heterocycles. The van der Waals surface area contributed by atoms with E-state index in [1.54, 1.807) is 7.11 Å². The summed E-state index contributed by atoms with van der Waals surface area (Å²) in [4.78, 5) is 0. The SMILES string of the molecule is COCCC(CCl)Cc1cccc(C)c1. The number of rotatable bonds is 6. The zero-order valence-electron chi connectivity index (χ0n) is 9.50. The number of hydrogen-bond acceptors (Lipinski definition) is 1. The molecule has 0 aliphatic heterocycles. The summed E-state index contributed by atoms with van der Waals surface area (Å²) in [6.07, 6.45) is 2.09. The van der Waals surface area contributed by atoms with E-state index in [1.165, 1.54) is 11.1 Å². The third-order valence-electron chi connectivity index (χ3n) is 2.56. The molecular weight excluding hydrogens is 208 g/mol. The molecule has 0 fully saturated rings. The summed E-state index contributed by atoms with van der Waals surface area (Å²) in [6.45, 7) is 2.91. The third-order valence-corrected chi connectivity index (χ3v) is 2.99. The first-order valence-electron chi connectivity index (χ1n) is 5.36. The van der Waals surface area contributed by atoms with Crippen molar-refractivity contribution in [3.05, 3.63) is 35.4 Å². The number of benzene rings is 1. The van der Waals surface area contributed by atoms with Crippen molar-refractivity contribution in [3.8, 4) is 0 Å². The molecule has 15 heavy (non-hydrogen) atoms. The Bertz CT molecular complexity index is 286. The molecule has 0 amide bonds. The van der Waals surface area contributed by atoms with Crippen molar-refractivity contribution < 1.29 is 4.74 Å². The van der Waals surface area contributed by atoms with E-state index < -0.39 is 0 Å². The first kappa shape index (κ1) is 12.5. The highest BCUT2D eigenvalue weighted by Crippen LogP contribution is 2.15. The van der Waals surface area contributed by atoms with E-state index in [4.69, 9.17) is 16.3 Å². The van der Waals surface area contributed by atoms with E-state index in [0.717, 1.165) is 19.4 Å². The number of halogens is 1. The van der Waals surface area contributed by atoms with Gasteiger partial charge in [-0.05, 0) is 31.2 Å². The predicted octanol–water partition coefficient (Wildman–Crippen LogP) is 3.43. The third kappa shape index (κ3) is 4.67. The number of alkyl halides is 1. The molecule has 0 aliphatic carbocycles. The lowest BCUT2D eigenvalue weighted by molar-refractivity contribution is 0.180. The van der Waals surface area contributed by atoms with Crippen LogP contribution in [0.25, 0.3) is 0 Å². The van der Waals surface area contributed by atoms with Gasteiger partial charge >= 0.3 is 0 Å². The molecule has 1 atom stereocenters. The topological polar surface area (TPSA) is 9.23 Å². The molecular formula is C13H19ClO. The fraction of sp³-hybridized carbons (Fsp3) is 0.538. The molecule has 0 radical (unpaired) electrons. The summed E-state index contributed by atoms with van der Waals surface area (Å²) in [5.74, 6) is 1.23. The van der Waals surface area contributed by atoms with E-state index >= 15 is 0 Å². The Labute approximate surface area is 97.4 Å². The smallest absolute Gasteiger partial charge is 0.0465 e. The van der Waals surface area contributed by atoms with Crippen LogP contribution in [-0.4, -0.2) is 19.6 Å². The van der Waals surface area contributed by atoms with Gasteiger partial charge in [0, 0.05) is 19.6 Å².